The van der Waals surface area contributed by atoms with Gasteiger partial charge >= 0.3 is 0 Å². The molecule has 0 aromatic carbocycles. The van der Waals surface area contributed by atoms with Crippen LogP contribution in [0.25, 0.3) is 0 Å². The summed E-state index contributed by atoms with van der Waals surface area (Å²) >= 11 is 0. The van der Waals surface area contributed by atoms with E-state index < -0.39 is 0 Å². The molecule has 2 aliphatic rings. The maximum atomic E-state index is 3.74. The minimum absolute atomic E-state index is 0.794. The fourth-order valence-corrected chi connectivity index (χ4v) is 3.20. The first-order chi connectivity index (χ1) is 7.42. The van der Waals surface area contributed by atoms with Gasteiger partial charge < -0.3 is 5.32 Å². The Hall–Kier alpha value is -0.0800. The number of rotatable bonds is 4. The van der Waals surface area contributed by atoms with Crippen LogP contribution >= 0.6 is 0 Å². The average molecular weight is 210 g/mol. The third kappa shape index (κ3) is 2.94. The van der Waals surface area contributed by atoms with Gasteiger partial charge in [0.15, 0.2) is 0 Å². The van der Waals surface area contributed by atoms with Gasteiger partial charge in [-0.25, -0.2) is 0 Å². The van der Waals surface area contributed by atoms with E-state index in [0.717, 1.165) is 12.1 Å². The van der Waals surface area contributed by atoms with Gasteiger partial charge in [0, 0.05) is 12.1 Å². The summed E-state index contributed by atoms with van der Waals surface area (Å²) in [5, 5.41) is 3.74. The molecule has 2 heteroatoms. The van der Waals surface area contributed by atoms with Crippen LogP contribution in [0.15, 0.2) is 0 Å². The van der Waals surface area contributed by atoms with Gasteiger partial charge in [-0.3, -0.25) is 4.90 Å². The molecule has 1 heterocycles. The van der Waals surface area contributed by atoms with Crippen LogP contribution in [0, 0.1) is 0 Å². The standard InChI is InChI=1S/C13H26N2/c1-2-9-14-12-7-6-8-13(12)15-10-4-3-5-11-15/h12-14H,2-11H2,1H3. The van der Waals surface area contributed by atoms with Crippen molar-refractivity contribution in [3.63, 3.8) is 0 Å². The summed E-state index contributed by atoms with van der Waals surface area (Å²) in [6.07, 6.45) is 9.85. The highest BCUT2D eigenvalue weighted by Crippen LogP contribution is 2.26. The van der Waals surface area contributed by atoms with Crippen molar-refractivity contribution in [3.05, 3.63) is 0 Å². The lowest BCUT2D eigenvalue weighted by Crippen LogP contribution is -2.48. The molecule has 15 heavy (non-hydrogen) atoms. The molecule has 0 aromatic rings. The molecule has 0 radical (unpaired) electrons. The van der Waals surface area contributed by atoms with Crippen molar-refractivity contribution in [3.8, 4) is 0 Å². The predicted molar refractivity (Wildman–Crippen MR) is 65.1 cm³/mol. The van der Waals surface area contributed by atoms with Gasteiger partial charge in [0.2, 0.25) is 0 Å². The minimum Gasteiger partial charge on any atom is -0.312 e. The first kappa shape index (κ1) is 11.4. The normalized spacial score (nSPS) is 33.4. The minimum atomic E-state index is 0.794. The summed E-state index contributed by atoms with van der Waals surface area (Å²) in [6.45, 7) is 6.18. The van der Waals surface area contributed by atoms with Crippen LogP contribution in [0.2, 0.25) is 0 Å². The molecule has 2 atom stereocenters. The molecular formula is C13H26N2. The van der Waals surface area contributed by atoms with E-state index in [0.29, 0.717) is 0 Å². The Bertz CT molecular complexity index is 175. The molecular weight excluding hydrogens is 184 g/mol. The molecule has 1 saturated carbocycles. The topological polar surface area (TPSA) is 15.3 Å². The van der Waals surface area contributed by atoms with Crippen LogP contribution < -0.4 is 5.32 Å². The summed E-state index contributed by atoms with van der Waals surface area (Å²) in [6, 6.07) is 1.65. The van der Waals surface area contributed by atoms with E-state index in [9.17, 15) is 0 Å². The second-order valence-corrected chi connectivity index (χ2v) is 5.16. The van der Waals surface area contributed by atoms with E-state index in [1.807, 2.05) is 0 Å². The molecule has 0 bridgehead atoms. The van der Waals surface area contributed by atoms with Crippen molar-refractivity contribution >= 4 is 0 Å². The third-order valence-electron chi connectivity index (χ3n) is 4.00. The van der Waals surface area contributed by atoms with Crippen molar-refractivity contribution in [2.24, 2.45) is 0 Å². The van der Waals surface area contributed by atoms with E-state index >= 15 is 0 Å². The number of likely N-dealkylation sites (tertiary alicyclic amines) is 1. The highest BCUT2D eigenvalue weighted by molar-refractivity contribution is 4.91. The van der Waals surface area contributed by atoms with E-state index in [2.05, 4.69) is 17.1 Å². The Morgan fingerprint density at radius 1 is 1.07 bits per heavy atom. The maximum Gasteiger partial charge on any atom is 0.0249 e. The lowest BCUT2D eigenvalue weighted by atomic mass is 10.0. The van der Waals surface area contributed by atoms with Crippen LogP contribution in [0.1, 0.15) is 51.9 Å². The SMILES string of the molecule is CCCNC1CCCC1N1CCCCC1. The molecule has 2 fully saturated rings. The molecule has 2 unspecified atom stereocenters. The Morgan fingerprint density at radius 3 is 2.60 bits per heavy atom. The molecule has 1 aliphatic carbocycles. The van der Waals surface area contributed by atoms with Gasteiger partial charge in [-0.05, 0) is 51.7 Å². The van der Waals surface area contributed by atoms with E-state index in [1.165, 1.54) is 64.6 Å². The van der Waals surface area contributed by atoms with Gasteiger partial charge in [0.05, 0.1) is 0 Å². The number of hydrogen-bond acceptors (Lipinski definition) is 2. The number of piperidine rings is 1. The van der Waals surface area contributed by atoms with Gasteiger partial charge in [0.1, 0.15) is 0 Å². The smallest absolute Gasteiger partial charge is 0.0249 e. The second-order valence-electron chi connectivity index (χ2n) is 5.16. The number of hydrogen-bond donors (Lipinski definition) is 1. The van der Waals surface area contributed by atoms with Gasteiger partial charge in [-0.15, -0.1) is 0 Å². The zero-order valence-corrected chi connectivity index (χ0v) is 10.2. The molecule has 0 amide bonds. The van der Waals surface area contributed by atoms with Crippen LogP contribution in [0.4, 0.5) is 0 Å². The number of nitrogens with zero attached hydrogens (tertiary/aromatic N) is 1. The van der Waals surface area contributed by atoms with E-state index in [-0.39, 0.29) is 0 Å². The third-order valence-corrected chi connectivity index (χ3v) is 4.00. The summed E-state index contributed by atoms with van der Waals surface area (Å²) in [5.74, 6) is 0. The average Bonchev–Trinajstić information content (AvgIpc) is 2.75. The van der Waals surface area contributed by atoms with Crippen LogP contribution in [0.3, 0.4) is 0 Å². The van der Waals surface area contributed by atoms with Gasteiger partial charge in [-0.1, -0.05) is 19.8 Å². The molecule has 88 valence electrons. The van der Waals surface area contributed by atoms with Gasteiger partial charge in [-0.2, -0.15) is 0 Å². The second kappa shape index (κ2) is 5.86. The molecule has 1 N–H and O–H groups in total. The molecule has 1 saturated heterocycles. The van der Waals surface area contributed by atoms with Crippen LogP contribution in [-0.4, -0.2) is 36.6 Å². The number of nitrogens with one attached hydrogen (secondary N) is 1. The highest BCUT2D eigenvalue weighted by Gasteiger charge is 2.31. The Balaban J connectivity index is 1.82. The fourth-order valence-electron chi connectivity index (χ4n) is 3.20. The predicted octanol–water partition coefficient (Wildman–Crippen LogP) is 2.39. The summed E-state index contributed by atoms with van der Waals surface area (Å²) in [4.78, 5) is 2.75. The van der Waals surface area contributed by atoms with Crippen molar-refractivity contribution < 1.29 is 0 Å². The van der Waals surface area contributed by atoms with Gasteiger partial charge in [0.25, 0.3) is 0 Å². The van der Waals surface area contributed by atoms with Crippen molar-refractivity contribution in [2.45, 2.75) is 64.0 Å². The van der Waals surface area contributed by atoms with Crippen LogP contribution in [0.5, 0.6) is 0 Å². The highest BCUT2D eigenvalue weighted by atomic mass is 15.2. The molecule has 1 aliphatic heterocycles. The lowest BCUT2D eigenvalue weighted by molar-refractivity contribution is 0.144. The Kier molecular flexibility index (Phi) is 4.45. The first-order valence-electron chi connectivity index (χ1n) is 6.89. The molecule has 0 aromatic heterocycles. The summed E-state index contributed by atoms with van der Waals surface area (Å²) in [7, 11) is 0. The zero-order chi connectivity index (χ0) is 10.5. The Morgan fingerprint density at radius 2 is 1.87 bits per heavy atom. The van der Waals surface area contributed by atoms with Crippen molar-refractivity contribution in [1.29, 1.82) is 0 Å². The first-order valence-corrected chi connectivity index (χ1v) is 6.89. The largest absolute Gasteiger partial charge is 0.312 e. The monoisotopic (exact) mass is 210 g/mol. The molecule has 2 rings (SSSR count). The molecule has 2 nitrogen and oxygen atoms in total. The van der Waals surface area contributed by atoms with E-state index in [4.69, 9.17) is 0 Å². The lowest BCUT2D eigenvalue weighted by Gasteiger charge is -2.36. The summed E-state index contributed by atoms with van der Waals surface area (Å²) < 4.78 is 0. The Labute approximate surface area is 94.4 Å². The quantitative estimate of drug-likeness (QED) is 0.766. The molecule has 0 spiro atoms. The van der Waals surface area contributed by atoms with Crippen molar-refractivity contribution in [2.75, 3.05) is 19.6 Å². The summed E-state index contributed by atoms with van der Waals surface area (Å²) in [5.41, 5.74) is 0. The van der Waals surface area contributed by atoms with E-state index in [1.54, 1.807) is 0 Å². The fraction of sp³-hybridized carbons (Fsp3) is 1.00. The zero-order valence-electron chi connectivity index (χ0n) is 10.2. The maximum absolute atomic E-state index is 3.74. The van der Waals surface area contributed by atoms with Crippen LogP contribution in [-0.2, 0) is 0 Å². The van der Waals surface area contributed by atoms with Crippen molar-refractivity contribution in [1.82, 2.24) is 10.2 Å².